The maximum atomic E-state index is 5.98. The van der Waals surface area contributed by atoms with E-state index in [2.05, 4.69) is 36.5 Å². The average molecular weight is 252 g/mol. The Hall–Kier alpha value is -1.96. The zero-order valence-corrected chi connectivity index (χ0v) is 11.4. The quantitative estimate of drug-likeness (QED) is 0.818. The van der Waals surface area contributed by atoms with Gasteiger partial charge in [-0.15, -0.1) is 0 Å². The van der Waals surface area contributed by atoms with E-state index < -0.39 is 0 Å². The number of nitrogens with one attached hydrogen (secondary N) is 1. The first-order valence-corrected chi connectivity index (χ1v) is 6.93. The van der Waals surface area contributed by atoms with Crippen molar-refractivity contribution in [2.45, 2.75) is 32.7 Å². The molecule has 0 heterocycles. The topological polar surface area (TPSA) is 38.0 Å². The van der Waals surface area contributed by atoms with E-state index in [0.717, 1.165) is 17.9 Å². The van der Waals surface area contributed by atoms with Crippen LogP contribution in [0.25, 0.3) is 0 Å². The molecule has 0 radical (unpaired) electrons. The van der Waals surface area contributed by atoms with Gasteiger partial charge in [-0.1, -0.05) is 24.3 Å². The summed E-state index contributed by atoms with van der Waals surface area (Å²) in [6.07, 6.45) is 3.78. The van der Waals surface area contributed by atoms with E-state index in [0.29, 0.717) is 0 Å². The number of hydrogen-bond donors (Lipinski definition) is 2. The van der Waals surface area contributed by atoms with Crippen LogP contribution in [0.3, 0.4) is 0 Å². The van der Waals surface area contributed by atoms with Gasteiger partial charge >= 0.3 is 0 Å². The van der Waals surface area contributed by atoms with E-state index in [1.54, 1.807) is 0 Å². The third kappa shape index (κ3) is 2.58. The second kappa shape index (κ2) is 4.96. The number of aryl methyl sites for hydroxylation is 3. The van der Waals surface area contributed by atoms with Crippen molar-refractivity contribution in [1.29, 1.82) is 0 Å². The van der Waals surface area contributed by atoms with Crippen molar-refractivity contribution < 1.29 is 0 Å². The van der Waals surface area contributed by atoms with Gasteiger partial charge in [-0.05, 0) is 60.6 Å². The minimum absolute atomic E-state index is 0.812. The number of nitrogens with two attached hydrogens (primary N) is 1. The monoisotopic (exact) mass is 252 g/mol. The maximum Gasteiger partial charge on any atom is 0.0579 e. The smallest absolute Gasteiger partial charge is 0.0579 e. The van der Waals surface area contributed by atoms with Crippen LogP contribution in [0.4, 0.5) is 11.4 Å². The fourth-order valence-corrected chi connectivity index (χ4v) is 2.76. The maximum absolute atomic E-state index is 5.98. The molecule has 0 amide bonds. The number of anilines is 2. The summed E-state index contributed by atoms with van der Waals surface area (Å²) in [6.45, 7) is 2.92. The predicted octanol–water partition coefficient (Wildman–Crippen LogP) is 3.68. The predicted molar refractivity (Wildman–Crippen MR) is 81.4 cm³/mol. The second-order valence-corrected chi connectivity index (χ2v) is 5.40. The molecule has 0 atom stereocenters. The van der Waals surface area contributed by atoms with Gasteiger partial charge in [0, 0.05) is 6.54 Å². The van der Waals surface area contributed by atoms with E-state index in [-0.39, 0.29) is 0 Å². The van der Waals surface area contributed by atoms with Crippen LogP contribution in [0, 0.1) is 6.92 Å². The van der Waals surface area contributed by atoms with Crippen molar-refractivity contribution in [3.05, 3.63) is 58.7 Å². The Morgan fingerprint density at radius 2 is 1.89 bits per heavy atom. The summed E-state index contributed by atoms with van der Waals surface area (Å²) in [5, 5.41) is 3.44. The van der Waals surface area contributed by atoms with E-state index in [9.17, 15) is 0 Å². The molecule has 0 saturated heterocycles. The Kier molecular flexibility index (Phi) is 3.16. The summed E-state index contributed by atoms with van der Waals surface area (Å²) in [5.41, 5.74) is 13.4. The number of hydrogen-bond acceptors (Lipinski definition) is 2. The standard InChI is InChI=1S/C17H20N2/c1-12-5-8-16(18)17(9-12)19-11-13-6-7-14-3-2-4-15(14)10-13/h5-10,19H,2-4,11,18H2,1H3. The Balaban J connectivity index is 1.74. The molecule has 2 aromatic rings. The van der Waals surface area contributed by atoms with Crippen LogP contribution in [0.15, 0.2) is 36.4 Å². The molecule has 98 valence electrons. The SMILES string of the molecule is Cc1ccc(N)c(NCc2ccc3c(c2)CCC3)c1. The second-order valence-electron chi connectivity index (χ2n) is 5.40. The molecule has 3 N–H and O–H groups in total. The Labute approximate surface area is 114 Å². The van der Waals surface area contributed by atoms with Crippen LogP contribution in [0.2, 0.25) is 0 Å². The summed E-state index contributed by atoms with van der Waals surface area (Å²) in [4.78, 5) is 0. The van der Waals surface area contributed by atoms with Crippen LogP contribution < -0.4 is 11.1 Å². The van der Waals surface area contributed by atoms with Crippen molar-refractivity contribution in [3.63, 3.8) is 0 Å². The lowest BCUT2D eigenvalue weighted by atomic mass is 10.1. The molecule has 2 heteroatoms. The molecule has 2 nitrogen and oxygen atoms in total. The molecule has 0 saturated carbocycles. The molecule has 19 heavy (non-hydrogen) atoms. The highest BCUT2D eigenvalue weighted by atomic mass is 14.9. The molecule has 1 aliphatic carbocycles. The fraction of sp³-hybridized carbons (Fsp3) is 0.294. The van der Waals surface area contributed by atoms with Crippen molar-refractivity contribution in [2.75, 3.05) is 11.1 Å². The van der Waals surface area contributed by atoms with Crippen molar-refractivity contribution in [2.24, 2.45) is 0 Å². The van der Waals surface area contributed by atoms with E-state index >= 15 is 0 Å². The first-order valence-electron chi connectivity index (χ1n) is 6.93. The highest BCUT2D eigenvalue weighted by molar-refractivity contribution is 5.67. The first kappa shape index (κ1) is 12.1. The Morgan fingerprint density at radius 3 is 2.79 bits per heavy atom. The minimum atomic E-state index is 0.812. The molecule has 0 unspecified atom stereocenters. The van der Waals surface area contributed by atoms with Crippen LogP contribution in [-0.4, -0.2) is 0 Å². The molecule has 0 fully saturated rings. The van der Waals surface area contributed by atoms with Crippen LogP contribution in [-0.2, 0) is 19.4 Å². The van der Waals surface area contributed by atoms with Crippen LogP contribution in [0.5, 0.6) is 0 Å². The summed E-state index contributed by atoms with van der Waals surface area (Å²) in [5.74, 6) is 0. The lowest BCUT2D eigenvalue weighted by Gasteiger charge is -2.11. The molecule has 1 aliphatic rings. The molecule has 0 aromatic heterocycles. The normalized spacial score (nSPS) is 13.3. The lowest BCUT2D eigenvalue weighted by Crippen LogP contribution is -2.03. The average Bonchev–Trinajstić information content (AvgIpc) is 2.87. The molecule has 3 rings (SSSR count). The largest absolute Gasteiger partial charge is 0.397 e. The third-order valence-corrected chi connectivity index (χ3v) is 3.85. The molecular formula is C17H20N2. The van der Waals surface area contributed by atoms with Crippen LogP contribution >= 0.6 is 0 Å². The highest BCUT2D eigenvalue weighted by Gasteiger charge is 2.10. The fourth-order valence-electron chi connectivity index (χ4n) is 2.76. The van der Waals surface area contributed by atoms with Crippen LogP contribution in [0.1, 0.15) is 28.7 Å². The third-order valence-electron chi connectivity index (χ3n) is 3.85. The van der Waals surface area contributed by atoms with Crippen molar-refractivity contribution in [1.82, 2.24) is 0 Å². The summed E-state index contributed by atoms with van der Waals surface area (Å²) in [6, 6.07) is 12.9. The van der Waals surface area contributed by atoms with E-state index in [4.69, 9.17) is 5.73 Å². The summed E-state index contributed by atoms with van der Waals surface area (Å²) >= 11 is 0. The van der Waals surface area contributed by atoms with E-state index in [1.807, 2.05) is 12.1 Å². The lowest BCUT2D eigenvalue weighted by molar-refractivity contribution is 0.911. The van der Waals surface area contributed by atoms with Gasteiger partial charge < -0.3 is 11.1 Å². The van der Waals surface area contributed by atoms with Crippen molar-refractivity contribution >= 4 is 11.4 Å². The van der Waals surface area contributed by atoms with Gasteiger partial charge in [0.1, 0.15) is 0 Å². The number of fused-ring (bicyclic) bond motifs is 1. The molecule has 0 spiro atoms. The Bertz CT molecular complexity index is 602. The van der Waals surface area contributed by atoms with Crippen molar-refractivity contribution in [3.8, 4) is 0 Å². The molecule has 0 aliphatic heterocycles. The summed E-state index contributed by atoms with van der Waals surface area (Å²) < 4.78 is 0. The zero-order chi connectivity index (χ0) is 13.2. The molecular weight excluding hydrogens is 232 g/mol. The minimum Gasteiger partial charge on any atom is -0.397 e. The molecule has 0 bridgehead atoms. The number of benzene rings is 2. The van der Waals surface area contributed by atoms with Gasteiger partial charge in [0.15, 0.2) is 0 Å². The number of rotatable bonds is 3. The summed E-state index contributed by atoms with van der Waals surface area (Å²) in [7, 11) is 0. The molecule has 2 aromatic carbocycles. The van der Waals surface area contributed by atoms with Gasteiger partial charge in [-0.25, -0.2) is 0 Å². The van der Waals surface area contributed by atoms with Gasteiger partial charge in [0.25, 0.3) is 0 Å². The van der Waals surface area contributed by atoms with Gasteiger partial charge in [-0.3, -0.25) is 0 Å². The van der Waals surface area contributed by atoms with E-state index in [1.165, 1.54) is 41.5 Å². The van der Waals surface area contributed by atoms with Gasteiger partial charge in [0.05, 0.1) is 11.4 Å². The van der Waals surface area contributed by atoms with Gasteiger partial charge in [-0.2, -0.15) is 0 Å². The first-order chi connectivity index (χ1) is 9.22. The zero-order valence-electron chi connectivity index (χ0n) is 11.4. The highest BCUT2D eigenvalue weighted by Crippen LogP contribution is 2.24. The number of nitrogen functional groups attached to an aromatic ring is 1. The van der Waals surface area contributed by atoms with Gasteiger partial charge in [0.2, 0.25) is 0 Å². The Morgan fingerprint density at radius 1 is 1.05 bits per heavy atom.